The Morgan fingerprint density at radius 1 is 0.905 bits per heavy atom. The molecule has 1 fully saturated rings. The summed E-state index contributed by atoms with van der Waals surface area (Å²) < 4.78 is 13.6. The molecule has 0 amide bonds. The van der Waals surface area contributed by atoms with E-state index in [9.17, 15) is 9.90 Å². The molecule has 0 saturated heterocycles. The van der Waals surface area contributed by atoms with Gasteiger partial charge in [0.25, 0.3) is 0 Å². The minimum Gasteiger partial charge on any atom is -0.487 e. The third-order valence-corrected chi connectivity index (χ3v) is 8.47. The highest BCUT2D eigenvalue weighted by molar-refractivity contribution is 5.80. The SMILES string of the molecule is O=C(O)C1(Cc2nc3cc(OCc4ccc5ccccc5n4)ccc3n2Cc2cccc(-c3ccoc3)c2)CCCC1. The number of rotatable bonds is 9. The number of fused-ring (bicyclic) bond motifs is 2. The van der Waals surface area contributed by atoms with Gasteiger partial charge in [0.15, 0.2) is 0 Å². The van der Waals surface area contributed by atoms with Crippen molar-refractivity contribution in [3.05, 3.63) is 115 Å². The summed E-state index contributed by atoms with van der Waals surface area (Å²) in [6, 6.07) is 28.3. The van der Waals surface area contributed by atoms with Crippen LogP contribution in [0, 0.1) is 5.41 Å². The van der Waals surface area contributed by atoms with Crippen molar-refractivity contribution in [2.75, 3.05) is 0 Å². The molecule has 0 bridgehead atoms. The fraction of sp³-hybridized carbons (Fsp3) is 0.229. The molecule has 1 saturated carbocycles. The maximum absolute atomic E-state index is 12.5. The molecule has 7 nitrogen and oxygen atoms in total. The first kappa shape index (κ1) is 26.0. The molecule has 7 rings (SSSR count). The van der Waals surface area contributed by atoms with Crippen molar-refractivity contribution < 1.29 is 19.1 Å². The number of hydrogen-bond acceptors (Lipinski definition) is 5. The van der Waals surface area contributed by atoms with Crippen LogP contribution in [0.2, 0.25) is 0 Å². The van der Waals surface area contributed by atoms with E-state index in [2.05, 4.69) is 28.8 Å². The van der Waals surface area contributed by atoms with E-state index in [0.717, 1.165) is 63.0 Å². The van der Waals surface area contributed by atoms with Crippen LogP contribution < -0.4 is 4.74 Å². The standard InChI is InChI=1S/C35H31N3O4/c39-34(40)35(15-3-4-16-35)20-33-37-31-19-29(42-23-28-11-10-25-7-1-2-9-30(25)36-28)12-13-32(31)38(33)21-24-6-5-8-26(18-24)27-14-17-41-22-27/h1-2,5-14,17-19,22H,3-4,15-16,20-21,23H2,(H,39,40). The van der Waals surface area contributed by atoms with Crippen molar-refractivity contribution in [1.29, 1.82) is 0 Å². The summed E-state index contributed by atoms with van der Waals surface area (Å²) in [5.74, 6) is 0.758. The number of nitrogens with zero attached hydrogens (tertiary/aromatic N) is 3. The molecule has 7 heteroatoms. The van der Waals surface area contributed by atoms with Crippen LogP contribution in [0.3, 0.4) is 0 Å². The zero-order valence-corrected chi connectivity index (χ0v) is 23.2. The third-order valence-electron chi connectivity index (χ3n) is 8.47. The lowest BCUT2D eigenvalue weighted by Gasteiger charge is -2.24. The van der Waals surface area contributed by atoms with Crippen LogP contribution in [0.25, 0.3) is 33.1 Å². The Morgan fingerprint density at radius 3 is 2.62 bits per heavy atom. The minimum atomic E-state index is -0.779. The minimum absolute atomic E-state index is 0.340. The number of aliphatic carboxylic acids is 1. The molecule has 1 N–H and O–H groups in total. The number of carboxylic acids is 1. The molecule has 42 heavy (non-hydrogen) atoms. The number of imidazole rings is 1. The number of ether oxygens (including phenoxy) is 1. The summed E-state index contributed by atoms with van der Waals surface area (Å²) in [4.78, 5) is 22.2. The third kappa shape index (κ3) is 5.02. The number of pyridine rings is 1. The van der Waals surface area contributed by atoms with Gasteiger partial charge in [-0.3, -0.25) is 4.79 Å². The van der Waals surface area contributed by atoms with Crippen LogP contribution in [0.1, 0.15) is 42.8 Å². The van der Waals surface area contributed by atoms with Gasteiger partial charge in [-0.15, -0.1) is 0 Å². The van der Waals surface area contributed by atoms with E-state index in [1.165, 1.54) is 0 Å². The first-order valence-electron chi connectivity index (χ1n) is 14.4. The molecule has 0 atom stereocenters. The number of para-hydroxylation sites is 1. The van der Waals surface area contributed by atoms with Gasteiger partial charge in [-0.2, -0.15) is 0 Å². The van der Waals surface area contributed by atoms with E-state index in [-0.39, 0.29) is 0 Å². The van der Waals surface area contributed by atoms with Gasteiger partial charge >= 0.3 is 5.97 Å². The fourth-order valence-corrected chi connectivity index (χ4v) is 6.19. The van der Waals surface area contributed by atoms with E-state index in [1.807, 2.05) is 60.7 Å². The Kier molecular flexibility index (Phi) is 6.70. The fourth-order valence-electron chi connectivity index (χ4n) is 6.19. The molecule has 210 valence electrons. The van der Waals surface area contributed by atoms with Crippen LogP contribution in [0.4, 0.5) is 0 Å². The highest BCUT2D eigenvalue weighted by Crippen LogP contribution is 2.42. The van der Waals surface area contributed by atoms with E-state index in [0.29, 0.717) is 38.2 Å². The number of furan rings is 1. The molecule has 3 aromatic heterocycles. The van der Waals surface area contributed by atoms with Gasteiger partial charge in [0, 0.05) is 30.0 Å². The first-order valence-corrected chi connectivity index (χ1v) is 14.4. The topological polar surface area (TPSA) is 90.4 Å². The highest BCUT2D eigenvalue weighted by Gasteiger charge is 2.42. The van der Waals surface area contributed by atoms with E-state index >= 15 is 0 Å². The Hall–Kier alpha value is -4.91. The second-order valence-corrected chi connectivity index (χ2v) is 11.2. The molecular weight excluding hydrogens is 526 g/mol. The Bertz CT molecular complexity index is 1880. The van der Waals surface area contributed by atoms with E-state index < -0.39 is 11.4 Å². The van der Waals surface area contributed by atoms with Crippen molar-refractivity contribution in [3.63, 3.8) is 0 Å². The monoisotopic (exact) mass is 557 g/mol. The zero-order valence-electron chi connectivity index (χ0n) is 23.2. The molecule has 3 heterocycles. The first-order chi connectivity index (χ1) is 20.6. The van der Waals surface area contributed by atoms with Gasteiger partial charge in [0.05, 0.1) is 40.2 Å². The lowest BCUT2D eigenvalue weighted by Crippen LogP contribution is -2.31. The quantitative estimate of drug-likeness (QED) is 0.196. The zero-order chi connectivity index (χ0) is 28.5. The van der Waals surface area contributed by atoms with E-state index in [1.54, 1.807) is 12.5 Å². The van der Waals surface area contributed by atoms with Crippen molar-refractivity contribution >= 4 is 27.9 Å². The molecule has 0 spiro atoms. The smallest absolute Gasteiger partial charge is 0.310 e. The van der Waals surface area contributed by atoms with Crippen molar-refractivity contribution in [3.8, 4) is 16.9 Å². The predicted octanol–water partition coefficient (Wildman–Crippen LogP) is 7.66. The van der Waals surface area contributed by atoms with Crippen molar-refractivity contribution in [1.82, 2.24) is 14.5 Å². The van der Waals surface area contributed by atoms with Gasteiger partial charge in [-0.25, -0.2) is 9.97 Å². The van der Waals surface area contributed by atoms with Crippen LogP contribution >= 0.6 is 0 Å². The molecule has 3 aromatic carbocycles. The second-order valence-electron chi connectivity index (χ2n) is 11.2. The average molecular weight is 558 g/mol. The normalized spacial score (nSPS) is 14.5. The number of carboxylic acid groups (broad SMARTS) is 1. The summed E-state index contributed by atoms with van der Waals surface area (Å²) in [5.41, 5.74) is 5.95. The molecular formula is C35H31N3O4. The van der Waals surface area contributed by atoms with Crippen molar-refractivity contribution in [2.24, 2.45) is 5.41 Å². The summed E-state index contributed by atoms with van der Waals surface area (Å²) in [6.45, 7) is 0.918. The van der Waals surface area contributed by atoms with E-state index in [4.69, 9.17) is 19.1 Å². The van der Waals surface area contributed by atoms with Crippen LogP contribution in [-0.4, -0.2) is 25.6 Å². The summed E-state index contributed by atoms with van der Waals surface area (Å²) in [7, 11) is 0. The highest BCUT2D eigenvalue weighted by atomic mass is 16.5. The van der Waals surface area contributed by atoms with Gasteiger partial charge in [0.1, 0.15) is 18.2 Å². The number of hydrogen-bond donors (Lipinski definition) is 1. The second kappa shape index (κ2) is 10.8. The largest absolute Gasteiger partial charge is 0.487 e. The summed E-state index contributed by atoms with van der Waals surface area (Å²) >= 11 is 0. The lowest BCUT2D eigenvalue weighted by atomic mass is 9.82. The Balaban J connectivity index is 1.21. The average Bonchev–Trinajstić information content (AvgIpc) is 3.78. The molecule has 0 aliphatic heterocycles. The number of aromatic nitrogens is 3. The van der Waals surface area contributed by atoms with Crippen LogP contribution in [-0.2, 0) is 24.4 Å². The molecule has 6 aromatic rings. The molecule has 1 aliphatic rings. The van der Waals surface area contributed by atoms with Gasteiger partial charge in [-0.1, -0.05) is 55.3 Å². The predicted molar refractivity (Wildman–Crippen MR) is 161 cm³/mol. The molecule has 1 aliphatic carbocycles. The maximum atomic E-state index is 12.5. The molecule has 0 radical (unpaired) electrons. The van der Waals surface area contributed by atoms with Gasteiger partial charge in [0.2, 0.25) is 0 Å². The van der Waals surface area contributed by atoms with Gasteiger partial charge in [-0.05, 0) is 60.4 Å². The number of benzene rings is 3. The Labute approximate surface area is 243 Å². The number of carbonyl (C=O) groups is 1. The maximum Gasteiger partial charge on any atom is 0.310 e. The van der Waals surface area contributed by atoms with Gasteiger partial charge < -0.3 is 18.8 Å². The Morgan fingerprint density at radius 2 is 1.79 bits per heavy atom. The summed E-state index contributed by atoms with van der Waals surface area (Å²) in [6.07, 6.45) is 7.02. The summed E-state index contributed by atoms with van der Waals surface area (Å²) in [5, 5.41) is 11.3. The lowest BCUT2D eigenvalue weighted by molar-refractivity contribution is -0.148. The van der Waals surface area contributed by atoms with Crippen LogP contribution in [0.15, 0.2) is 102 Å². The van der Waals surface area contributed by atoms with Crippen molar-refractivity contribution in [2.45, 2.75) is 45.3 Å². The van der Waals surface area contributed by atoms with Crippen LogP contribution in [0.5, 0.6) is 5.75 Å². The molecule has 0 unspecified atom stereocenters.